The average molecular weight is 254 g/mol. The first kappa shape index (κ1) is 13.3. The highest BCUT2D eigenvalue weighted by molar-refractivity contribution is 5.83. The summed E-state index contributed by atoms with van der Waals surface area (Å²) < 4.78 is 0. The Morgan fingerprint density at radius 2 is 1.78 bits per heavy atom. The predicted octanol–water partition coefficient (Wildman–Crippen LogP) is 0.888. The topological polar surface area (TPSA) is 78.4 Å². The van der Waals surface area contributed by atoms with Gasteiger partial charge in [-0.1, -0.05) is 19.3 Å². The van der Waals surface area contributed by atoms with Gasteiger partial charge < -0.3 is 15.7 Å². The van der Waals surface area contributed by atoms with Crippen molar-refractivity contribution >= 4 is 11.9 Å². The number of piperidine rings is 1. The van der Waals surface area contributed by atoms with E-state index in [1.807, 2.05) is 0 Å². The van der Waals surface area contributed by atoms with E-state index in [1.54, 1.807) is 0 Å². The van der Waals surface area contributed by atoms with Gasteiger partial charge in [-0.05, 0) is 32.2 Å². The summed E-state index contributed by atoms with van der Waals surface area (Å²) in [5, 5.41) is 15.3. The van der Waals surface area contributed by atoms with Gasteiger partial charge in [-0.15, -0.1) is 0 Å². The van der Waals surface area contributed by atoms with Gasteiger partial charge in [0.15, 0.2) is 0 Å². The van der Waals surface area contributed by atoms with E-state index in [2.05, 4.69) is 10.6 Å². The van der Waals surface area contributed by atoms with Crippen molar-refractivity contribution < 1.29 is 14.7 Å². The van der Waals surface area contributed by atoms with Crippen LogP contribution in [-0.2, 0) is 9.59 Å². The second-order valence-corrected chi connectivity index (χ2v) is 5.35. The Morgan fingerprint density at radius 1 is 1.06 bits per heavy atom. The predicted molar refractivity (Wildman–Crippen MR) is 67.2 cm³/mol. The van der Waals surface area contributed by atoms with E-state index in [4.69, 9.17) is 5.11 Å². The fraction of sp³-hybridized carbons (Fsp3) is 0.846. The number of carbonyl (C=O) groups excluding carboxylic acids is 1. The Labute approximate surface area is 107 Å². The van der Waals surface area contributed by atoms with Crippen LogP contribution in [0.25, 0.3) is 0 Å². The van der Waals surface area contributed by atoms with Crippen molar-refractivity contribution in [3.63, 3.8) is 0 Å². The van der Waals surface area contributed by atoms with E-state index in [9.17, 15) is 9.59 Å². The van der Waals surface area contributed by atoms with Crippen molar-refractivity contribution in [3.8, 4) is 0 Å². The summed E-state index contributed by atoms with van der Waals surface area (Å²) in [4.78, 5) is 23.2. The molecule has 1 amide bonds. The quantitative estimate of drug-likeness (QED) is 0.699. The summed E-state index contributed by atoms with van der Waals surface area (Å²) in [6, 6.07) is -0.317. The van der Waals surface area contributed by atoms with Crippen molar-refractivity contribution in [3.05, 3.63) is 0 Å². The highest BCUT2D eigenvalue weighted by Gasteiger charge is 2.33. The maximum atomic E-state index is 12.1. The molecule has 1 saturated carbocycles. The maximum Gasteiger partial charge on any atom is 0.308 e. The smallest absolute Gasteiger partial charge is 0.308 e. The molecule has 18 heavy (non-hydrogen) atoms. The monoisotopic (exact) mass is 254 g/mol. The molecule has 2 rings (SSSR count). The van der Waals surface area contributed by atoms with Crippen LogP contribution in [0.2, 0.25) is 0 Å². The van der Waals surface area contributed by atoms with Gasteiger partial charge in [-0.25, -0.2) is 0 Å². The lowest BCUT2D eigenvalue weighted by atomic mass is 9.84. The van der Waals surface area contributed by atoms with Crippen molar-refractivity contribution in [1.82, 2.24) is 10.6 Å². The molecular formula is C13H22N2O3. The van der Waals surface area contributed by atoms with E-state index < -0.39 is 11.9 Å². The molecule has 3 atom stereocenters. The number of carbonyl (C=O) groups is 2. The Bertz CT molecular complexity index is 313. The van der Waals surface area contributed by atoms with Gasteiger partial charge in [-0.3, -0.25) is 9.59 Å². The zero-order chi connectivity index (χ0) is 13.0. The second-order valence-electron chi connectivity index (χ2n) is 5.35. The summed E-state index contributed by atoms with van der Waals surface area (Å²) in [5.41, 5.74) is 0. The average Bonchev–Trinajstić information content (AvgIpc) is 2.40. The van der Waals surface area contributed by atoms with Crippen LogP contribution in [0.1, 0.15) is 44.9 Å². The van der Waals surface area contributed by atoms with Gasteiger partial charge >= 0.3 is 5.97 Å². The lowest BCUT2D eigenvalue weighted by Gasteiger charge is -2.31. The van der Waals surface area contributed by atoms with Crippen LogP contribution in [0.4, 0.5) is 0 Å². The Morgan fingerprint density at radius 3 is 2.44 bits per heavy atom. The molecule has 0 radical (unpaired) electrons. The molecule has 0 spiro atoms. The van der Waals surface area contributed by atoms with Gasteiger partial charge in [0.1, 0.15) is 0 Å². The molecule has 5 nitrogen and oxygen atoms in total. The van der Waals surface area contributed by atoms with Crippen molar-refractivity contribution in [1.29, 1.82) is 0 Å². The van der Waals surface area contributed by atoms with Crippen LogP contribution in [0, 0.1) is 5.92 Å². The van der Waals surface area contributed by atoms with Gasteiger partial charge in [0.2, 0.25) is 5.91 Å². The standard InChI is InChI=1S/C13H22N2O3/c16-12(11-7-3-4-8-14-11)15-10-6-2-1-5-9(10)13(17)18/h9-11,14H,1-8H2,(H,15,16)(H,17,18)/t9?,10?,11-/m1/s1. The first-order chi connectivity index (χ1) is 8.68. The van der Waals surface area contributed by atoms with E-state index >= 15 is 0 Å². The van der Waals surface area contributed by atoms with Crippen LogP contribution >= 0.6 is 0 Å². The molecule has 0 aromatic heterocycles. The highest BCUT2D eigenvalue weighted by Crippen LogP contribution is 2.25. The van der Waals surface area contributed by atoms with Crippen molar-refractivity contribution in [2.24, 2.45) is 5.92 Å². The molecular weight excluding hydrogens is 232 g/mol. The molecule has 1 aliphatic carbocycles. The molecule has 0 aromatic carbocycles. The number of amides is 1. The van der Waals surface area contributed by atoms with Crippen LogP contribution in [-0.4, -0.2) is 35.6 Å². The third-order valence-electron chi connectivity index (χ3n) is 4.04. The van der Waals surface area contributed by atoms with Gasteiger partial charge in [-0.2, -0.15) is 0 Å². The summed E-state index contributed by atoms with van der Waals surface area (Å²) in [7, 11) is 0. The summed E-state index contributed by atoms with van der Waals surface area (Å²) in [6.45, 7) is 0.880. The number of aliphatic carboxylic acids is 1. The van der Waals surface area contributed by atoms with E-state index in [0.717, 1.165) is 45.1 Å². The first-order valence-corrected chi connectivity index (χ1v) is 6.95. The zero-order valence-electron chi connectivity index (χ0n) is 10.7. The van der Waals surface area contributed by atoms with Gasteiger partial charge in [0, 0.05) is 6.04 Å². The molecule has 1 saturated heterocycles. The lowest BCUT2D eigenvalue weighted by molar-refractivity contribution is -0.144. The minimum atomic E-state index is -0.781. The largest absolute Gasteiger partial charge is 0.481 e. The Balaban J connectivity index is 1.89. The summed E-state index contributed by atoms with van der Waals surface area (Å²) >= 11 is 0. The molecule has 2 aliphatic rings. The zero-order valence-corrected chi connectivity index (χ0v) is 10.7. The fourth-order valence-electron chi connectivity index (χ4n) is 2.96. The molecule has 1 aliphatic heterocycles. The van der Waals surface area contributed by atoms with Crippen LogP contribution in [0.5, 0.6) is 0 Å². The first-order valence-electron chi connectivity index (χ1n) is 6.95. The number of hydrogen-bond donors (Lipinski definition) is 3. The Hall–Kier alpha value is -1.10. The molecule has 2 unspecified atom stereocenters. The maximum absolute atomic E-state index is 12.1. The summed E-state index contributed by atoms with van der Waals surface area (Å²) in [5.74, 6) is -1.21. The van der Waals surface area contributed by atoms with E-state index in [-0.39, 0.29) is 18.0 Å². The lowest BCUT2D eigenvalue weighted by Crippen LogP contribution is -2.53. The third kappa shape index (κ3) is 3.22. The number of hydrogen-bond acceptors (Lipinski definition) is 3. The third-order valence-corrected chi connectivity index (χ3v) is 4.04. The van der Waals surface area contributed by atoms with Crippen LogP contribution in [0.3, 0.4) is 0 Å². The minimum Gasteiger partial charge on any atom is -0.481 e. The molecule has 1 heterocycles. The van der Waals surface area contributed by atoms with Gasteiger partial charge in [0.25, 0.3) is 0 Å². The van der Waals surface area contributed by atoms with Crippen molar-refractivity contribution in [2.45, 2.75) is 57.0 Å². The number of rotatable bonds is 3. The number of carboxylic acid groups (broad SMARTS) is 1. The molecule has 3 N–H and O–H groups in total. The summed E-state index contributed by atoms with van der Waals surface area (Å²) in [6.07, 6.45) is 6.46. The van der Waals surface area contributed by atoms with E-state index in [0.29, 0.717) is 6.42 Å². The molecule has 102 valence electrons. The van der Waals surface area contributed by atoms with Gasteiger partial charge in [0.05, 0.1) is 12.0 Å². The molecule has 0 aromatic rings. The highest BCUT2D eigenvalue weighted by atomic mass is 16.4. The van der Waals surface area contributed by atoms with Crippen molar-refractivity contribution in [2.75, 3.05) is 6.54 Å². The molecule has 0 bridgehead atoms. The van der Waals surface area contributed by atoms with E-state index in [1.165, 1.54) is 0 Å². The number of nitrogens with one attached hydrogen (secondary N) is 2. The second kappa shape index (κ2) is 6.18. The SMILES string of the molecule is O=C(O)C1CCCCC1NC(=O)[C@H]1CCCCN1. The van der Waals surface area contributed by atoms with Crippen LogP contribution in [0.15, 0.2) is 0 Å². The number of carboxylic acids is 1. The molecule has 5 heteroatoms. The minimum absolute atomic E-state index is 0.0205. The fourth-order valence-corrected chi connectivity index (χ4v) is 2.96. The van der Waals surface area contributed by atoms with Crippen LogP contribution < -0.4 is 10.6 Å². The Kier molecular flexibility index (Phi) is 4.58. The molecule has 2 fully saturated rings. The normalized spacial score (nSPS) is 32.8.